The van der Waals surface area contributed by atoms with Gasteiger partial charge in [-0.15, -0.1) is 0 Å². The number of pyridine rings is 1. The molecule has 1 N–H and O–H groups in total. The summed E-state index contributed by atoms with van der Waals surface area (Å²) >= 11 is 0. The third kappa shape index (κ3) is 2.11. The van der Waals surface area contributed by atoms with E-state index in [2.05, 4.69) is 29.4 Å². The Bertz CT molecular complexity index is 521. The number of benzene rings is 1. The molecule has 0 radical (unpaired) electrons. The van der Waals surface area contributed by atoms with Gasteiger partial charge >= 0.3 is 0 Å². The van der Waals surface area contributed by atoms with E-state index < -0.39 is 0 Å². The lowest BCUT2D eigenvalue weighted by molar-refractivity contribution is 0.215. The van der Waals surface area contributed by atoms with Gasteiger partial charge < -0.3 is 10.1 Å². The lowest BCUT2D eigenvalue weighted by Gasteiger charge is -2.13. The summed E-state index contributed by atoms with van der Waals surface area (Å²) in [5.74, 6) is 0.754. The molecule has 1 aliphatic rings. The molecule has 1 aromatic heterocycles. The van der Waals surface area contributed by atoms with Crippen LogP contribution in [0.3, 0.4) is 0 Å². The van der Waals surface area contributed by atoms with Crippen molar-refractivity contribution in [2.45, 2.75) is 25.5 Å². The Hall–Kier alpha value is -1.61. The van der Waals surface area contributed by atoms with Crippen LogP contribution < -0.4 is 10.1 Å². The number of hydrogen-bond acceptors (Lipinski definition) is 3. The summed E-state index contributed by atoms with van der Waals surface area (Å²) in [6.07, 6.45) is 3.09. The van der Waals surface area contributed by atoms with Crippen molar-refractivity contribution in [2.75, 3.05) is 6.54 Å². The van der Waals surface area contributed by atoms with Crippen LogP contribution in [0.25, 0.3) is 10.8 Å². The molecule has 1 aromatic carbocycles. The summed E-state index contributed by atoms with van der Waals surface area (Å²) in [6, 6.07) is 10.7. The van der Waals surface area contributed by atoms with Gasteiger partial charge in [0.15, 0.2) is 0 Å². The van der Waals surface area contributed by atoms with Crippen molar-refractivity contribution in [3.05, 3.63) is 36.5 Å². The quantitative estimate of drug-likeness (QED) is 0.856. The van der Waals surface area contributed by atoms with Crippen molar-refractivity contribution in [3.63, 3.8) is 0 Å². The minimum absolute atomic E-state index is 0.239. The van der Waals surface area contributed by atoms with Crippen LogP contribution in [-0.4, -0.2) is 23.7 Å². The zero-order chi connectivity index (χ0) is 11.7. The second-order valence-electron chi connectivity index (χ2n) is 4.62. The van der Waals surface area contributed by atoms with E-state index in [9.17, 15) is 0 Å². The number of rotatable bonds is 2. The molecule has 0 amide bonds. The fourth-order valence-electron chi connectivity index (χ4n) is 2.33. The molecular formula is C14H16N2O. The molecule has 0 spiro atoms. The van der Waals surface area contributed by atoms with Gasteiger partial charge in [-0.2, -0.15) is 0 Å². The van der Waals surface area contributed by atoms with E-state index in [4.69, 9.17) is 4.74 Å². The Labute approximate surface area is 101 Å². The first kappa shape index (κ1) is 10.5. The number of aromatic nitrogens is 1. The van der Waals surface area contributed by atoms with E-state index in [0.29, 0.717) is 6.04 Å². The first-order valence-corrected chi connectivity index (χ1v) is 6.07. The van der Waals surface area contributed by atoms with Gasteiger partial charge in [-0.1, -0.05) is 18.2 Å². The molecule has 3 nitrogen and oxygen atoms in total. The highest BCUT2D eigenvalue weighted by atomic mass is 16.5. The number of hydrogen-bond donors (Lipinski definition) is 1. The molecule has 3 heteroatoms. The number of ether oxygens (including phenoxy) is 1. The van der Waals surface area contributed by atoms with E-state index in [1.165, 1.54) is 5.39 Å². The van der Waals surface area contributed by atoms with Crippen molar-refractivity contribution < 1.29 is 4.74 Å². The van der Waals surface area contributed by atoms with Crippen molar-refractivity contribution in [3.8, 4) is 5.88 Å². The highest BCUT2D eigenvalue weighted by Gasteiger charge is 2.22. The Morgan fingerprint density at radius 1 is 1.29 bits per heavy atom. The summed E-state index contributed by atoms with van der Waals surface area (Å²) < 4.78 is 5.99. The van der Waals surface area contributed by atoms with E-state index >= 15 is 0 Å². The predicted octanol–water partition coefficient (Wildman–Crippen LogP) is 2.36. The number of fused-ring (bicyclic) bond motifs is 1. The average molecular weight is 228 g/mol. The zero-order valence-corrected chi connectivity index (χ0v) is 9.89. The number of nitrogens with zero attached hydrogens (tertiary/aromatic N) is 1. The Morgan fingerprint density at radius 2 is 2.18 bits per heavy atom. The minimum Gasteiger partial charge on any atom is -0.472 e. The smallest absolute Gasteiger partial charge is 0.221 e. The molecule has 0 bridgehead atoms. The first-order chi connectivity index (χ1) is 8.33. The molecule has 0 aliphatic carbocycles. The monoisotopic (exact) mass is 228 g/mol. The molecule has 2 unspecified atom stereocenters. The van der Waals surface area contributed by atoms with Gasteiger partial charge in [-0.05, 0) is 24.4 Å². The van der Waals surface area contributed by atoms with Crippen molar-refractivity contribution in [1.82, 2.24) is 10.3 Å². The van der Waals surface area contributed by atoms with Crippen LogP contribution in [0.1, 0.15) is 13.3 Å². The van der Waals surface area contributed by atoms with E-state index in [-0.39, 0.29) is 6.10 Å². The molecule has 0 saturated carbocycles. The fraction of sp³-hybridized carbons (Fsp3) is 0.357. The van der Waals surface area contributed by atoms with Gasteiger partial charge in [0, 0.05) is 30.6 Å². The lowest BCUT2D eigenvalue weighted by atomic mass is 10.2. The van der Waals surface area contributed by atoms with Gasteiger partial charge in [-0.3, -0.25) is 0 Å². The fourth-order valence-corrected chi connectivity index (χ4v) is 2.33. The van der Waals surface area contributed by atoms with Gasteiger partial charge in [0.2, 0.25) is 5.88 Å². The van der Waals surface area contributed by atoms with Crippen LogP contribution in [0.2, 0.25) is 0 Å². The molecule has 2 aromatic rings. The minimum atomic E-state index is 0.239. The standard InChI is InChI=1S/C14H16N2O/c1-10-8-12(9-16-10)17-14-13-5-3-2-4-11(13)6-7-15-14/h2-7,10,12,16H,8-9H2,1H3. The third-order valence-electron chi connectivity index (χ3n) is 3.23. The van der Waals surface area contributed by atoms with Gasteiger partial charge in [-0.25, -0.2) is 4.98 Å². The second kappa shape index (κ2) is 4.34. The van der Waals surface area contributed by atoms with Crippen LogP contribution in [0.4, 0.5) is 0 Å². The molecule has 2 atom stereocenters. The molecule has 1 saturated heterocycles. The Kier molecular flexibility index (Phi) is 2.69. The van der Waals surface area contributed by atoms with Gasteiger partial charge in [0.25, 0.3) is 0 Å². The number of nitrogens with one attached hydrogen (secondary N) is 1. The second-order valence-corrected chi connectivity index (χ2v) is 4.62. The van der Waals surface area contributed by atoms with Gasteiger partial charge in [0.1, 0.15) is 6.10 Å². The molecule has 3 rings (SSSR count). The van der Waals surface area contributed by atoms with Crippen LogP contribution in [0, 0.1) is 0 Å². The summed E-state index contributed by atoms with van der Waals surface area (Å²) in [7, 11) is 0. The summed E-state index contributed by atoms with van der Waals surface area (Å²) in [5.41, 5.74) is 0. The highest BCUT2D eigenvalue weighted by Crippen LogP contribution is 2.24. The van der Waals surface area contributed by atoms with Crippen LogP contribution in [0.15, 0.2) is 36.5 Å². The molecule has 1 fully saturated rings. The lowest BCUT2D eigenvalue weighted by Crippen LogP contribution is -2.21. The zero-order valence-electron chi connectivity index (χ0n) is 9.89. The maximum atomic E-state index is 5.99. The maximum absolute atomic E-state index is 5.99. The van der Waals surface area contributed by atoms with Crippen molar-refractivity contribution >= 4 is 10.8 Å². The topological polar surface area (TPSA) is 34.1 Å². The summed E-state index contributed by atoms with van der Waals surface area (Å²) in [4.78, 5) is 4.35. The average Bonchev–Trinajstić information content (AvgIpc) is 2.75. The van der Waals surface area contributed by atoms with Gasteiger partial charge in [0.05, 0.1) is 0 Å². The molecule has 1 aliphatic heterocycles. The van der Waals surface area contributed by atoms with E-state index in [1.807, 2.05) is 24.4 Å². The van der Waals surface area contributed by atoms with Crippen LogP contribution in [0.5, 0.6) is 5.88 Å². The first-order valence-electron chi connectivity index (χ1n) is 6.07. The summed E-state index contributed by atoms with van der Waals surface area (Å²) in [5, 5.41) is 5.65. The third-order valence-corrected chi connectivity index (χ3v) is 3.23. The highest BCUT2D eigenvalue weighted by molar-refractivity contribution is 5.86. The van der Waals surface area contributed by atoms with E-state index in [0.717, 1.165) is 24.2 Å². The van der Waals surface area contributed by atoms with E-state index in [1.54, 1.807) is 0 Å². The molecule has 88 valence electrons. The Balaban J connectivity index is 1.90. The normalized spacial score (nSPS) is 24.1. The van der Waals surface area contributed by atoms with Crippen LogP contribution in [-0.2, 0) is 0 Å². The van der Waals surface area contributed by atoms with Crippen molar-refractivity contribution in [1.29, 1.82) is 0 Å². The Morgan fingerprint density at radius 3 is 3.00 bits per heavy atom. The summed E-state index contributed by atoms with van der Waals surface area (Å²) in [6.45, 7) is 3.09. The van der Waals surface area contributed by atoms with Crippen molar-refractivity contribution in [2.24, 2.45) is 0 Å². The SMILES string of the molecule is CC1CC(Oc2nccc3ccccc23)CN1. The molecular weight excluding hydrogens is 212 g/mol. The molecule has 17 heavy (non-hydrogen) atoms. The molecule has 2 heterocycles. The van der Waals surface area contributed by atoms with Crippen LogP contribution >= 0.6 is 0 Å². The largest absolute Gasteiger partial charge is 0.472 e. The maximum Gasteiger partial charge on any atom is 0.221 e. The predicted molar refractivity (Wildman–Crippen MR) is 68.2 cm³/mol.